The summed E-state index contributed by atoms with van der Waals surface area (Å²) < 4.78 is 42.3. The Labute approximate surface area is 248 Å². The van der Waals surface area contributed by atoms with Crippen molar-refractivity contribution in [3.8, 4) is 6.01 Å². The van der Waals surface area contributed by atoms with Crippen LogP contribution in [0.15, 0.2) is 10.5 Å². The maximum atomic E-state index is 15.6. The number of hydrogen-bond donors (Lipinski definition) is 2. The molecule has 3 fully saturated rings. The minimum absolute atomic E-state index is 0.00273. The van der Waals surface area contributed by atoms with Gasteiger partial charge in [-0.1, -0.05) is 0 Å². The van der Waals surface area contributed by atoms with E-state index in [9.17, 15) is 14.6 Å². The second-order valence-electron chi connectivity index (χ2n) is 12.1. The highest BCUT2D eigenvalue weighted by molar-refractivity contribution is 9.10. The molecule has 3 saturated heterocycles. The van der Waals surface area contributed by atoms with Gasteiger partial charge in [0.2, 0.25) is 0 Å². The van der Waals surface area contributed by atoms with E-state index < -0.39 is 17.6 Å². The van der Waals surface area contributed by atoms with Gasteiger partial charge in [0.25, 0.3) is 0 Å². The monoisotopic (exact) mass is 636 g/mol. The topological polar surface area (TPSA) is 91.2 Å². The molecule has 8 nitrogen and oxygen atoms in total. The van der Waals surface area contributed by atoms with E-state index in [0.717, 1.165) is 36.9 Å². The number of alkyl halides is 1. The predicted octanol–water partition coefficient (Wildman–Crippen LogP) is 4.13. The van der Waals surface area contributed by atoms with Crippen LogP contribution in [-0.2, 0) is 29.8 Å². The maximum Gasteiger partial charge on any atom is 0.318 e. The first kappa shape index (κ1) is 29.2. The van der Waals surface area contributed by atoms with Gasteiger partial charge in [0.15, 0.2) is 0 Å². The van der Waals surface area contributed by atoms with Gasteiger partial charge in [-0.25, -0.2) is 8.78 Å². The molecule has 0 spiro atoms. The van der Waals surface area contributed by atoms with Crippen molar-refractivity contribution in [1.82, 2.24) is 14.9 Å². The fourth-order valence-electron chi connectivity index (χ4n) is 7.47. The molecule has 1 aromatic carbocycles. The van der Waals surface area contributed by atoms with Crippen molar-refractivity contribution < 1.29 is 28.5 Å². The Morgan fingerprint density at radius 2 is 2.02 bits per heavy atom. The van der Waals surface area contributed by atoms with E-state index >= 15 is 4.39 Å². The first-order valence-corrected chi connectivity index (χ1v) is 15.6. The number of aliphatic hydroxyl groups is 2. The molecule has 4 heterocycles. The van der Waals surface area contributed by atoms with Gasteiger partial charge in [0, 0.05) is 50.2 Å². The van der Waals surface area contributed by atoms with Crippen LogP contribution in [0.3, 0.4) is 0 Å². The van der Waals surface area contributed by atoms with Crippen LogP contribution in [0.4, 0.5) is 14.6 Å². The molecule has 0 saturated carbocycles. The van der Waals surface area contributed by atoms with Crippen LogP contribution >= 0.6 is 15.9 Å². The van der Waals surface area contributed by atoms with E-state index in [1.807, 2.05) is 6.92 Å². The normalized spacial score (nSPS) is 28.4. The van der Waals surface area contributed by atoms with E-state index in [2.05, 4.69) is 25.7 Å². The van der Waals surface area contributed by atoms with E-state index in [1.54, 1.807) is 6.07 Å². The third-order valence-electron chi connectivity index (χ3n) is 9.45. The van der Waals surface area contributed by atoms with Crippen molar-refractivity contribution in [3.63, 3.8) is 0 Å². The lowest BCUT2D eigenvalue weighted by Crippen LogP contribution is -2.43. The highest BCUT2D eigenvalue weighted by Crippen LogP contribution is 2.44. The lowest BCUT2D eigenvalue weighted by Gasteiger charge is -2.36. The number of aromatic nitrogens is 2. The highest BCUT2D eigenvalue weighted by Gasteiger charge is 2.49. The minimum Gasteiger partial charge on any atom is -0.461 e. The van der Waals surface area contributed by atoms with Gasteiger partial charge < -0.3 is 24.6 Å². The molecule has 0 radical (unpaired) electrons. The molecular weight excluding hydrogens is 598 g/mol. The number of ether oxygens (including phenoxy) is 2. The zero-order chi connectivity index (χ0) is 28.8. The molecule has 1 aromatic heterocycles. The number of hydrogen-bond acceptors (Lipinski definition) is 8. The molecule has 3 atom stereocenters. The third kappa shape index (κ3) is 5.48. The minimum atomic E-state index is -1.52. The average Bonchev–Trinajstić information content (AvgIpc) is 3.32. The molecule has 224 valence electrons. The molecule has 1 aliphatic carbocycles. The highest BCUT2D eigenvalue weighted by atomic mass is 79.9. The summed E-state index contributed by atoms with van der Waals surface area (Å²) in [6.45, 7) is 5.55. The zero-order valence-electron chi connectivity index (χ0n) is 23.6. The quantitative estimate of drug-likeness (QED) is 0.469. The predicted molar refractivity (Wildman–Crippen MR) is 154 cm³/mol. The maximum absolute atomic E-state index is 15.6. The molecule has 6 rings (SSSR count). The number of aryl methyl sites for hydroxylation is 1. The Morgan fingerprint density at radius 3 is 2.85 bits per heavy atom. The first-order valence-electron chi connectivity index (χ1n) is 14.8. The Kier molecular flexibility index (Phi) is 8.28. The van der Waals surface area contributed by atoms with Gasteiger partial charge in [0.05, 0.1) is 34.5 Å². The van der Waals surface area contributed by atoms with Crippen molar-refractivity contribution in [3.05, 3.63) is 44.3 Å². The Morgan fingerprint density at radius 1 is 1.17 bits per heavy atom. The second kappa shape index (κ2) is 11.6. The lowest BCUT2D eigenvalue weighted by molar-refractivity contribution is 0.0135. The van der Waals surface area contributed by atoms with Crippen LogP contribution < -0.4 is 9.64 Å². The van der Waals surface area contributed by atoms with E-state index in [0.29, 0.717) is 85.6 Å². The van der Waals surface area contributed by atoms with Gasteiger partial charge >= 0.3 is 6.01 Å². The fraction of sp³-hybridized carbons (Fsp3) is 0.667. The summed E-state index contributed by atoms with van der Waals surface area (Å²) in [5.74, 6) is 0.0790. The number of fused-ring (bicyclic) bond motifs is 2. The SMILES string of the molecule is Cc1cc(Br)c(F)c2c1CCCC2(O)Cc1nc(OC[C@@]23CCCN2C[C@H](F)C3)nc(N2CCCOCC2)c1CO. The molecule has 2 aromatic rings. The van der Waals surface area contributed by atoms with Crippen molar-refractivity contribution in [2.24, 2.45) is 0 Å². The lowest BCUT2D eigenvalue weighted by atomic mass is 9.74. The van der Waals surface area contributed by atoms with Crippen molar-refractivity contribution in [2.45, 2.75) is 82.2 Å². The summed E-state index contributed by atoms with van der Waals surface area (Å²) in [7, 11) is 0. The molecule has 11 heteroatoms. The van der Waals surface area contributed by atoms with Crippen LogP contribution in [0.1, 0.15) is 66.5 Å². The second-order valence-corrected chi connectivity index (χ2v) is 13.0. The zero-order valence-corrected chi connectivity index (χ0v) is 25.2. The van der Waals surface area contributed by atoms with Gasteiger partial charge in [-0.3, -0.25) is 4.90 Å². The van der Waals surface area contributed by atoms with Crippen LogP contribution in [0.5, 0.6) is 6.01 Å². The van der Waals surface area contributed by atoms with E-state index in [-0.39, 0.29) is 31.2 Å². The average molecular weight is 638 g/mol. The molecule has 2 N–H and O–H groups in total. The van der Waals surface area contributed by atoms with Crippen molar-refractivity contribution in [1.29, 1.82) is 0 Å². The summed E-state index contributed by atoms with van der Waals surface area (Å²) in [4.78, 5) is 13.7. The summed E-state index contributed by atoms with van der Waals surface area (Å²) in [5, 5.41) is 22.7. The number of benzene rings is 1. The largest absolute Gasteiger partial charge is 0.461 e. The number of rotatable bonds is 7. The fourth-order valence-corrected chi connectivity index (χ4v) is 8.01. The first-order chi connectivity index (χ1) is 19.7. The summed E-state index contributed by atoms with van der Waals surface area (Å²) in [5.41, 5.74) is 1.08. The number of aliphatic hydroxyl groups excluding tert-OH is 1. The molecule has 41 heavy (non-hydrogen) atoms. The van der Waals surface area contributed by atoms with Gasteiger partial charge in [-0.15, -0.1) is 0 Å². The van der Waals surface area contributed by atoms with Crippen LogP contribution in [0.2, 0.25) is 0 Å². The van der Waals surface area contributed by atoms with Crippen molar-refractivity contribution in [2.75, 3.05) is 50.9 Å². The third-order valence-corrected chi connectivity index (χ3v) is 10.0. The van der Waals surface area contributed by atoms with E-state index in [1.165, 1.54) is 0 Å². The molecular formula is C30H39BrF2N4O4. The smallest absolute Gasteiger partial charge is 0.318 e. The van der Waals surface area contributed by atoms with Crippen molar-refractivity contribution >= 4 is 21.7 Å². The molecule has 1 unspecified atom stereocenters. The Balaban J connectivity index is 1.39. The summed E-state index contributed by atoms with van der Waals surface area (Å²) >= 11 is 3.33. The number of anilines is 1. The molecule has 4 aliphatic rings. The summed E-state index contributed by atoms with van der Waals surface area (Å²) in [6, 6.07) is 1.89. The van der Waals surface area contributed by atoms with Gasteiger partial charge in [-0.2, -0.15) is 9.97 Å². The van der Waals surface area contributed by atoms with Gasteiger partial charge in [0.1, 0.15) is 24.4 Å². The van der Waals surface area contributed by atoms with Crippen LogP contribution in [0.25, 0.3) is 0 Å². The molecule has 3 aliphatic heterocycles. The molecule has 0 amide bonds. The van der Waals surface area contributed by atoms with Crippen LogP contribution in [0, 0.1) is 12.7 Å². The number of nitrogens with zero attached hydrogens (tertiary/aromatic N) is 4. The Bertz CT molecular complexity index is 1290. The Hall–Kier alpha value is -1.92. The van der Waals surface area contributed by atoms with E-state index in [4.69, 9.17) is 19.4 Å². The molecule has 0 bridgehead atoms. The summed E-state index contributed by atoms with van der Waals surface area (Å²) in [6.07, 6.45) is 3.95. The standard InChI is InChI=1S/C30H39BrF2N4O4/c1-19-13-23(31)26(33)25-21(19)5-2-7-30(25,39)15-24-22(17-38)27(36-8-4-11-40-12-10-36)35-28(34-24)41-18-29-6-3-9-37(29)16-20(32)14-29/h13,20,38-39H,2-12,14-18H2,1H3/t20-,29+,30?/m1/s1. The number of halogens is 3. The van der Waals surface area contributed by atoms with Gasteiger partial charge in [-0.05, 0) is 85.1 Å². The van der Waals surface area contributed by atoms with Crippen LogP contribution in [-0.4, -0.2) is 82.8 Å².